The number of carbonyl (C=O) groups is 1. The van der Waals surface area contributed by atoms with Gasteiger partial charge >= 0.3 is 0 Å². The Morgan fingerprint density at radius 1 is 1.03 bits per heavy atom. The molecule has 36 heavy (non-hydrogen) atoms. The number of carbonyl (C=O) groups excluding carboxylic acids is 1. The van der Waals surface area contributed by atoms with Crippen LogP contribution in [0.25, 0.3) is 16.9 Å². The number of piperidine rings is 1. The molecule has 11 heteroatoms. The van der Waals surface area contributed by atoms with E-state index in [1.165, 1.54) is 27.8 Å². The van der Waals surface area contributed by atoms with Crippen LogP contribution in [0.4, 0.5) is 17.6 Å². The van der Waals surface area contributed by atoms with Crippen LogP contribution >= 0.6 is 0 Å². The van der Waals surface area contributed by atoms with Crippen molar-refractivity contribution in [1.82, 2.24) is 29.4 Å². The molecule has 0 spiro atoms. The summed E-state index contributed by atoms with van der Waals surface area (Å²) in [7, 11) is 1.66. The van der Waals surface area contributed by atoms with Gasteiger partial charge < -0.3 is 4.90 Å². The standard InChI is InChI=1S/C25H20F4N6O/c1-33-23(13-8-18(27)21(29)19(28)9-13)17-11-16-6-3-7-20(22(17)31-33)35(16)25(36)24-30-12-34(32-24)15-5-2-4-14(26)10-15/h2,4-5,8-10,12,16,20H,3,6-7,11H2,1H3. The average molecular weight is 496 g/mol. The minimum atomic E-state index is -1.52. The van der Waals surface area contributed by atoms with E-state index in [2.05, 4.69) is 15.2 Å². The van der Waals surface area contributed by atoms with Crippen LogP contribution in [0.2, 0.25) is 0 Å². The van der Waals surface area contributed by atoms with Crippen LogP contribution in [-0.2, 0) is 13.5 Å². The molecule has 2 aliphatic rings. The van der Waals surface area contributed by atoms with E-state index in [9.17, 15) is 22.4 Å². The number of aryl methyl sites for hydroxylation is 1. The molecule has 1 fully saturated rings. The molecule has 1 saturated heterocycles. The highest BCUT2D eigenvalue weighted by Crippen LogP contribution is 2.45. The van der Waals surface area contributed by atoms with E-state index in [4.69, 9.17) is 0 Å². The van der Waals surface area contributed by atoms with Gasteiger partial charge in [-0.2, -0.15) is 5.10 Å². The zero-order valence-corrected chi connectivity index (χ0v) is 19.1. The van der Waals surface area contributed by atoms with E-state index in [0.29, 0.717) is 29.9 Å². The lowest BCUT2D eigenvalue weighted by Gasteiger charge is -2.44. The van der Waals surface area contributed by atoms with Crippen molar-refractivity contribution in [1.29, 1.82) is 0 Å². The lowest BCUT2D eigenvalue weighted by molar-refractivity contribution is 0.0379. The average Bonchev–Trinajstić information content (AvgIpc) is 3.46. The molecular weight excluding hydrogens is 476 g/mol. The number of rotatable bonds is 3. The molecule has 4 aromatic rings. The number of benzene rings is 2. The Morgan fingerprint density at radius 3 is 2.56 bits per heavy atom. The van der Waals surface area contributed by atoms with Gasteiger partial charge in [-0.15, -0.1) is 5.10 Å². The Kier molecular flexibility index (Phi) is 5.16. The topological polar surface area (TPSA) is 68.8 Å². The molecule has 1 amide bonds. The SMILES string of the molecule is Cn1nc2c(c1-c1cc(F)c(F)c(F)c1)CC1CCCC2N1C(=O)c1ncn(-c2cccc(F)c2)n1. The van der Waals surface area contributed by atoms with Crippen molar-refractivity contribution in [2.45, 2.75) is 37.8 Å². The molecule has 2 bridgehead atoms. The first-order valence-corrected chi connectivity index (χ1v) is 11.5. The summed E-state index contributed by atoms with van der Waals surface area (Å²) in [5.41, 5.74) is 2.57. The summed E-state index contributed by atoms with van der Waals surface area (Å²) in [6.45, 7) is 0. The summed E-state index contributed by atoms with van der Waals surface area (Å²) < 4.78 is 58.0. The van der Waals surface area contributed by atoms with Crippen LogP contribution in [-0.4, -0.2) is 41.4 Å². The van der Waals surface area contributed by atoms with Gasteiger partial charge in [0.15, 0.2) is 17.5 Å². The van der Waals surface area contributed by atoms with Gasteiger partial charge in [0.2, 0.25) is 5.82 Å². The van der Waals surface area contributed by atoms with Crippen LogP contribution < -0.4 is 0 Å². The fraction of sp³-hybridized carbons (Fsp3) is 0.280. The minimum absolute atomic E-state index is 0.0153. The molecule has 2 aromatic heterocycles. The summed E-state index contributed by atoms with van der Waals surface area (Å²) in [6.07, 6.45) is 4.06. The molecule has 2 aromatic carbocycles. The van der Waals surface area contributed by atoms with E-state index in [1.807, 2.05) is 0 Å². The van der Waals surface area contributed by atoms with Crippen molar-refractivity contribution in [2.75, 3.05) is 0 Å². The van der Waals surface area contributed by atoms with Crippen LogP contribution in [0, 0.1) is 23.3 Å². The zero-order valence-electron chi connectivity index (χ0n) is 19.1. The van der Waals surface area contributed by atoms with Gasteiger partial charge in [-0.3, -0.25) is 9.48 Å². The monoisotopic (exact) mass is 496 g/mol. The summed E-state index contributed by atoms with van der Waals surface area (Å²) in [6, 6.07) is 7.18. The number of nitrogens with zero attached hydrogens (tertiary/aromatic N) is 6. The second-order valence-corrected chi connectivity index (χ2v) is 9.10. The third-order valence-electron chi connectivity index (χ3n) is 6.92. The molecule has 6 rings (SSSR count). The van der Waals surface area contributed by atoms with E-state index < -0.39 is 23.3 Å². The van der Waals surface area contributed by atoms with Gasteiger partial charge in [-0.05, 0) is 56.0 Å². The van der Waals surface area contributed by atoms with Crippen molar-refractivity contribution in [3.05, 3.63) is 83.1 Å². The lowest BCUT2D eigenvalue weighted by Crippen LogP contribution is -2.50. The quantitative estimate of drug-likeness (QED) is 0.309. The maximum absolute atomic E-state index is 14.0. The van der Waals surface area contributed by atoms with E-state index in [-0.39, 0.29) is 29.4 Å². The molecule has 0 N–H and O–H groups in total. The Hall–Kier alpha value is -4.02. The fourth-order valence-corrected chi connectivity index (χ4v) is 5.42. The minimum Gasteiger partial charge on any atom is -0.324 e. The fourth-order valence-electron chi connectivity index (χ4n) is 5.42. The molecule has 0 saturated carbocycles. The third kappa shape index (κ3) is 3.49. The molecular formula is C25H20F4N6O. The predicted molar refractivity (Wildman–Crippen MR) is 120 cm³/mol. The summed E-state index contributed by atoms with van der Waals surface area (Å²) in [4.78, 5) is 19.5. The molecule has 184 valence electrons. The molecule has 0 aliphatic carbocycles. The van der Waals surface area contributed by atoms with Crippen LogP contribution in [0.3, 0.4) is 0 Å². The van der Waals surface area contributed by atoms with E-state index in [1.54, 1.807) is 24.1 Å². The maximum atomic E-state index is 14.0. The number of hydrogen-bond donors (Lipinski definition) is 0. The van der Waals surface area contributed by atoms with E-state index in [0.717, 1.165) is 30.5 Å². The summed E-state index contributed by atoms with van der Waals surface area (Å²) in [5.74, 6) is -4.87. The number of halogens is 4. The van der Waals surface area contributed by atoms with Gasteiger partial charge in [0.25, 0.3) is 5.91 Å². The van der Waals surface area contributed by atoms with Crippen LogP contribution in [0.5, 0.6) is 0 Å². The molecule has 2 aliphatic heterocycles. The molecule has 4 heterocycles. The van der Waals surface area contributed by atoms with Gasteiger partial charge in [-0.25, -0.2) is 27.2 Å². The molecule has 7 nitrogen and oxygen atoms in total. The normalized spacial score (nSPS) is 18.9. The Balaban J connectivity index is 1.37. The number of hydrogen-bond acceptors (Lipinski definition) is 4. The number of amides is 1. The van der Waals surface area contributed by atoms with Crippen molar-refractivity contribution < 1.29 is 22.4 Å². The highest BCUT2D eigenvalue weighted by molar-refractivity contribution is 5.91. The smallest absolute Gasteiger partial charge is 0.294 e. The number of fused-ring (bicyclic) bond motifs is 4. The third-order valence-corrected chi connectivity index (χ3v) is 6.92. The van der Waals surface area contributed by atoms with Crippen LogP contribution in [0.15, 0.2) is 42.7 Å². The first-order valence-electron chi connectivity index (χ1n) is 11.5. The molecule has 2 unspecified atom stereocenters. The Morgan fingerprint density at radius 2 is 1.81 bits per heavy atom. The number of aromatic nitrogens is 5. The summed E-state index contributed by atoms with van der Waals surface area (Å²) in [5, 5.41) is 8.90. The second-order valence-electron chi connectivity index (χ2n) is 9.10. The largest absolute Gasteiger partial charge is 0.324 e. The van der Waals surface area contributed by atoms with Crippen molar-refractivity contribution in [3.8, 4) is 16.9 Å². The Labute approximate surface area is 203 Å². The Bertz CT molecular complexity index is 1490. The molecule has 0 radical (unpaired) electrons. The van der Waals surface area contributed by atoms with Gasteiger partial charge in [-0.1, -0.05) is 6.07 Å². The zero-order chi connectivity index (χ0) is 25.1. The van der Waals surface area contributed by atoms with Crippen molar-refractivity contribution >= 4 is 5.91 Å². The first kappa shape index (κ1) is 22.4. The van der Waals surface area contributed by atoms with E-state index >= 15 is 0 Å². The van der Waals surface area contributed by atoms with Crippen molar-refractivity contribution in [3.63, 3.8) is 0 Å². The maximum Gasteiger partial charge on any atom is 0.294 e. The highest BCUT2D eigenvalue weighted by Gasteiger charge is 2.44. The predicted octanol–water partition coefficient (Wildman–Crippen LogP) is 4.52. The highest BCUT2D eigenvalue weighted by atomic mass is 19.2. The first-order chi connectivity index (χ1) is 17.3. The van der Waals surface area contributed by atoms with Gasteiger partial charge in [0.05, 0.1) is 23.1 Å². The van der Waals surface area contributed by atoms with Crippen molar-refractivity contribution in [2.24, 2.45) is 7.05 Å². The molecule has 2 atom stereocenters. The van der Waals surface area contributed by atoms with Gasteiger partial charge in [0.1, 0.15) is 12.1 Å². The lowest BCUT2D eigenvalue weighted by atomic mass is 9.81. The summed E-state index contributed by atoms with van der Waals surface area (Å²) >= 11 is 0. The van der Waals surface area contributed by atoms with Crippen LogP contribution in [0.1, 0.15) is 47.2 Å². The second kappa shape index (κ2) is 8.28. The van der Waals surface area contributed by atoms with Gasteiger partial charge in [0, 0.05) is 24.2 Å².